The van der Waals surface area contributed by atoms with Crippen LogP contribution >= 0.6 is 23.7 Å². The van der Waals surface area contributed by atoms with E-state index in [1.54, 1.807) is 41.8 Å². The van der Waals surface area contributed by atoms with Crippen LogP contribution in [-0.4, -0.2) is 62.8 Å². The first-order valence-electron chi connectivity index (χ1n) is 12.8. The number of aromatic carboxylic acids is 1. The molecule has 0 atom stereocenters. The van der Waals surface area contributed by atoms with Crippen molar-refractivity contribution >= 4 is 40.4 Å². The van der Waals surface area contributed by atoms with Gasteiger partial charge in [0, 0.05) is 49.0 Å². The molecular formula is C28H32ClN5O2S. The van der Waals surface area contributed by atoms with Gasteiger partial charge in [-0.15, -0.1) is 12.4 Å². The molecule has 1 aliphatic carbocycles. The van der Waals surface area contributed by atoms with Crippen molar-refractivity contribution in [2.45, 2.75) is 38.6 Å². The number of carbonyl (C=O) groups is 1. The van der Waals surface area contributed by atoms with Crippen LogP contribution in [0.5, 0.6) is 0 Å². The van der Waals surface area contributed by atoms with E-state index in [2.05, 4.69) is 46.0 Å². The predicted molar refractivity (Wildman–Crippen MR) is 151 cm³/mol. The highest BCUT2D eigenvalue weighted by molar-refractivity contribution is 7.19. The quantitative estimate of drug-likeness (QED) is 0.339. The number of carboxylic acid groups (broad SMARTS) is 1. The predicted octanol–water partition coefficient (Wildman–Crippen LogP) is 5.95. The number of hydrogen-bond acceptors (Lipinski definition) is 6. The number of aromatic nitrogens is 3. The molecule has 3 heterocycles. The number of rotatable bonds is 5. The zero-order valence-electron chi connectivity index (χ0n) is 20.9. The highest BCUT2D eigenvalue weighted by Crippen LogP contribution is 2.32. The van der Waals surface area contributed by atoms with Gasteiger partial charge in [-0.25, -0.2) is 14.3 Å². The van der Waals surface area contributed by atoms with Crippen LogP contribution in [0, 0.1) is 5.92 Å². The number of carboxylic acids is 1. The number of hydrogen-bond donors (Lipinski definition) is 1. The third-order valence-corrected chi connectivity index (χ3v) is 8.78. The van der Waals surface area contributed by atoms with Crippen molar-refractivity contribution in [2.75, 3.05) is 31.1 Å². The molecule has 1 N–H and O–H groups in total. The Bertz CT molecular complexity index is 1350. The maximum Gasteiger partial charge on any atom is 0.335 e. The van der Waals surface area contributed by atoms with Crippen molar-refractivity contribution in [1.29, 1.82) is 0 Å². The molecule has 0 spiro atoms. The van der Waals surface area contributed by atoms with Crippen LogP contribution in [0.15, 0.2) is 54.7 Å². The Morgan fingerprint density at radius 1 is 0.919 bits per heavy atom. The molecular weight excluding hydrogens is 506 g/mol. The second-order valence-electron chi connectivity index (χ2n) is 10.1. The van der Waals surface area contributed by atoms with Gasteiger partial charge in [0.2, 0.25) is 4.96 Å². The van der Waals surface area contributed by atoms with Gasteiger partial charge in [0.05, 0.1) is 17.5 Å². The van der Waals surface area contributed by atoms with Crippen molar-refractivity contribution in [1.82, 2.24) is 19.5 Å². The maximum atomic E-state index is 11.2. The number of imidazole rings is 1. The fraction of sp³-hybridized carbons (Fsp3) is 0.393. The maximum absolute atomic E-state index is 11.2. The number of nitrogens with zero attached hydrogens (tertiary/aromatic N) is 5. The summed E-state index contributed by atoms with van der Waals surface area (Å²) >= 11 is 1.56. The van der Waals surface area contributed by atoms with E-state index < -0.39 is 5.97 Å². The summed E-state index contributed by atoms with van der Waals surface area (Å²) in [5.41, 5.74) is 4.36. The Hall–Kier alpha value is -2.94. The molecule has 2 fully saturated rings. The van der Waals surface area contributed by atoms with Gasteiger partial charge >= 0.3 is 5.97 Å². The van der Waals surface area contributed by atoms with Gasteiger partial charge < -0.3 is 10.0 Å². The molecule has 0 unspecified atom stereocenters. The normalized spacial score (nSPS) is 20.6. The Kier molecular flexibility index (Phi) is 7.51. The minimum absolute atomic E-state index is 0. The van der Waals surface area contributed by atoms with Crippen molar-refractivity contribution in [3.8, 4) is 21.8 Å². The van der Waals surface area contributed by atoms with Crippen molar-refractivity contribution in [3.05, 3.63) is 60.3 Å². The summed E-state index contributed by atoms with van der Waals surface area (Å²) in [6.07, 6.45) is 7.28. The van der Waals surface area contributed by atoms with Crippen LogP contribution in [0.3, 0.4) is 0 Å². The zero-order valence-corrected chi connectivity index (χ0v) is 22.5. The number of benzene rings is 2. The number of anilines is 1. The fourth-order valence-corrected chi connectivity index (χ4v) is 6.44. The lowest BCUT2D eigenvalue weighted by Gasteiger charge is -2.42. The molecule has 4 aromatic rings. The van der Waals surface area contributed by atoms with Gasteiger partial charge in [0.1, 0.15) is 5.01 Å². The molecule has 6 rings (SSSR count). The largest absolute Gasteiger partial charge is 0.478 e. The van der Waals surface area contributed by atoms with E-state index in [9.17, 15) is 4.79 Å². The van der Waals surface area contributed by atoms with E-state index in [4.69, 9.17) is 10.2 Å². The van der Waals surface area contributed by atoms with Gasteiger partial charge in [-0.2, -0.15) is 5.10 Å². The van der Waals surface area contributed by atoms with E-state index >= 15 is 0 Å². The van der Waals surface area contributed by atoms with Crippen molar-refractivity contribution in [2.24, 2.45) is 5.92 Å². The molecule has 2 aromatic heterocycles. The lowest BCUT2D eigenvalue weighted by atomic mass is 9.86. The highest BCUT2D eigenvalue weighted by Gasteiger charge is 2.27. The summed E-state index contributed by atoms with van der Waals surface area (Å²) in [6, 6.07) is 16.3. The van der Waals surface area contributed by atoms with E-state index in [1.807, 2.05) is 4.52 Å². The number of halogens is 1. The minimum atomic E-state index is -0.930. The van der Waals surface area contributed by atoms with Gasteiger partial charge in [-0.1, -0.05) is 30.4 Å². The molecule has 37 heavy (non-hydrogen) atoms. The summed E-state index contributed by atoms with van der Waals surface area (Å²) in [6.45, 7) is 6.87. The highest BCUT2D eigenvalue weighted by atomic mass is 35.5. The SMILES string of the molecule is CC1CCC(N2CCN(c3ccc(-c4nn5c(-c6ccc(C(=O)O)cc6)cnc5s4)cc3)CC2)CC1.Cl. The van der Waals surface area contributed by atoms with Crippen LogP contribution in [-0.2, 0) is 0 Å². The zero-order chi connectivity index (χ0) is 24.6. The Morgan fingerprint density at radius 3 is 2.22 bits per heavy atom. The molecule has 0 radical (unpaired) electrons. The lowest BCUT2D eigenvalue weighted by molar-refractivity contribution is 0.0697. The van der Waals surface area contributed by atoms with Crippen LogP contribution in [0.2, 0.25) is 0 Å². The third kappa shape index (κ3) is 5.23. The fourth-order valence-electron chi connectivity index (χ4n) is 5.56. The average molecular weight is 538 g/mol. The third-order valence-electron chi connectivity index (χ3n) is 7.81. The number of piperazine rings is 1. The van der Waals surface area contributed by atoms with Gasteiger partial charge in [0.25, 0.3) is 0 Å². The first kappa shape index (κ1) is 25.7. The van der Waals surface area contributed by atoms with E-state index in [0.717, 1.165) is 64.9 Å². The Morgan fingerprint density at radius 2 is 1.57 bits per heavy atom. The topological polar surface area (TPSA) is 74.0 Å². The molecule has 1 saturated carbocycles. The summed E-state index contributed by atoms with van der Waals surface area (Å²) in [4.78, 5) is 21.7. The molecule has 1 saturated heterocycles. The van der Waals surface area contributed by atoms with E-state index in [0.29, 0.717) is 0 Å². The van der Waals surface area contributed by atoms with Crippen molar-refractivity contribution in [3.63, 3.8) is 0 Å². The summed E-state index contributed by atoms with van der Waals surface area (Å²) < 4.78 is 1.84. The van der Waals surface area contributed by atoms with Gasteiger partial charge in [0.15, 0.2) is 0 Å². The average Bonchev–Trinajstić information content (AvgIpc) is 3.51. The molecule has 194 valence electrons. The first-order valence-corrected chi connectivity index (χ1v) is 13.6. The Labute approximate surface area is 227 Å². The van der Waals surface area contributed by atoms with Crippen molar-refractivity contribution < 1.29 is 9.90 Å². The molecule has 9 heteroatoms. The summed E-state index contributed by atoms with van der Waals surface area (Å²) in [7, 11) is 0. The number of fused-ring (bicyclic) bond motifs is 1. The van der Waals surface area contributed by atoms with Crippen LogP contribution in [0.25, 0.3) is 26.8 Å². The minimum Gasteiger partial charge on any atom is -0.478 e. The van der Waals surface area contributed by atoms with E-state index in [-0.39, 0.29) is 18.0 Å². The standard InChI is InChI=1S/C28H31N5O2S.ClH/c1-19-2-10-23(11-3-19)31-14-16-32(17-15-31)24-12-8-21(9-13-24)26-30-33-25(18-29-28(33)36-26)20-4-6-22(7-5-20)27(34)35;/h4-9,12-13,18-19,23H,2-3,10-11,14-17H2,1H3,(H,34,35);1H. The molecule has 0 amide bonds. The summed E-state index contributed by atoms with van der Waals surface area (Å²) in [5.74, 6) is -0.0276. The van der Waals surface area contributed by atoms with Gasteiger partial charge in [-0.05, 0) is 68.0 Å². The lowest BCUT2D eigenvalue weighted by Crippen LogP contribution is -2.51. The second-order valence-corrected chi connectivity index (χ2v) is 11.1. The Balaban J connectivity index is 0.00000280. The van der Waals surface area contributed by atoms with E-state index in [1.165, 1.54) is 31.4 Å². The molecule has 7 nitrogen and oxygen atoms in total. The van der Waals surface area contributed by atoms with Crippen LogP contribution in [0.4, 0.5) is 5.69 Å². The molecule has 0 bridgehead atoms. The first-order chi connectivity index (χ1) is 17.5. The summed E-state index contributed by atoms with van der Waals surface area (Å²) in [5, 5.41) is 14.9. The smallest absolute Gasteiger partial charge is 0.335 e. The van der Waals surface area contributed by atoms with Crippen LogP contribution < -0.4 is 4.90 Å². The second kappa shape index (κ2) is 10.8. The van der Waals surface area contributed by atoms with Crippen LogP contribution in [0.1, 0.15) is 43.0 Å². The monoisotopic (exact) mass is 537 g/mol. The molecule has 1 aliphatic heterocycles. The van der Waals surface area contributed by atoms with Gasteiger partial charge in [-0.3, -0.25) is 4.90 Å². The molecule has 2 aromatic carbocycles. The molecule has 2 aliphatic rings.